The van der Waals surface area contributed by atoms with Crippen molar-refractivity contribution in [1.82, 2.24) is 20.1 Å². The zero-order chi connectivity index (χ0) is 22.5. The molecule has 1 aromatic heterocycles. The monoisotopic (exact) mass is 442 g/mol. The minimum atomic E-state index is -0.160. The number of β-amino-alcohol motifs (C(OH)–C–C–N with tert-alkyl or cyclic N) is 1. The van der Waals surface area contributed by atoms with Crippen molar-refractivity contribution in [1.29, 1.82) is 0 Å². The van der Waals surface area contributed by atoms with Gasteiger partial charge in [-0.3, -0.25) is 9.69 Å². The molecule has 4 rings (SSSR count). The van der Waals surface area contributed by atoms with Gasteiger partial charge < -0.3 is 25.0 Å². The number of likely N-dealkylation sites (tertiary alicyclic amines) is 2. The highest BCUT2D eigenvalue weighted by Gasteiger charge is 2.23. The number of aliphatic hydroxyl groups is 1. The number of benzene rings is 1. The number of aromatic nitrogens is 1. The van der Waals surface area contributed by atoms with Crippen LogP contribution in [-0.4, -0.2) is 83.8 Å². The van der Waals surface area contributed by atoms with Gasteiger partial charge in [0.15, 0.2) is 0 Å². The Morgan fingerprint density at radius 3 is 2.72 bits per heavy atom. The number of fused-ring (bicyclic) bond motifs is 1. The molecule has 0 aliphatic carbocycles. The molecule has 3 N–H and O–H groups in total. The highest BCUT2D eigenvalue weighted by Crippen LogP contribution is 2.27. The summed E-state index contributed by atoms with van der Waals surface area (Å²) in [4.78, 5) is 21.0. The van der Waals surface area contributed by atoms with Gasteiger partial charge in [-0.15, -0.1) is 0 Å². The van der Waals surface area contributed by atoms with Crippen LogP contribution in [0.4, 0.5) is 0 Å². The van der Waals surface area contributed by atoms with Crippen molar-refractivity contribution in [3.05, 3.63) is 30.0 Å². The van der Waals surface area contributed by atoms with Crippen LogP contribution in [0.25, 0.3) is 10.9 Å². The van der Waals surface area contributed by atoms with Crippen molar-refractivity contribution < 1.29 is 14.6 Å². The summed E-state index contributed by atoms with van der Waals surface area (Å²) in [6.45, 7) is 10.9. The largest absolute Gasteiger partial charge is 0.493 e. The number of hydrogen-bond donors (Lipinski definition) is 3. The predicted molar refractivity (Wildman–Crippen MR) is 127 cm³/mol. The lowest BCUT2D eigenvalue weighted by molar-refractivity contribution is 0.0617. The van der Waals surface area contributed by atoms with Gasteiger partial charge in [0.1, 0.15) is 11.4 Å². The van der Waals surface area contributed by atoms with Gasteiger partial charge in [-0.05, 0) is 56.3 Å². The normalized spacial score (nSPS) is 21.3. The highest BCUT2D eigenvalue weighted by molar-refractivity contribution is 5.99. The molecule has 2 fully saturated rings. The number of nitrogens with zero attached hydrogens (tertiary/aromatic N) is 2. The topological polar surface area (TPSA) is 80.8 Å². The summed E-state index contributed by atoms with van der Waals surface area (Å²) in [6, 6.07) is 8.01. The fourth-order valence-electron chi connectivity index (χ4n) is 4.71. The average molecular weight is 443 g/mol. The summed E-state index contributed by atoms with van der Waals surface area (Å²) < 4.78 is 5.93. The number of aromatic amines is 1. The maximum atomic E-state index is 12.9. The number of carbonyl (C=O) groups is 1. The van der Waals surface area contributed by atoms with Crippen molar-refractivity contribution in [2.45, 2.75) is 51.7 Å². The van der Waals surface area contributed by atoms with Crippen LogP contribution in [0.1, 0.15) is 50.0 Å². The SMILES string of the molecule is CC(C)COc1cccc2[nH]c(C(=O)NC3CCN(CCN4CCC[C@@H](O)C4)CC3)cc12. The first-order valence-corrected chi connectivity index (χ1v) is 12.2. The highest BCUT2D eigenvalue weighted by atomic mass is 16.5. The summed E-state index contributed by atoms with van der Waals surface area (Å²) in [6.07, 6.45) is 3.81. The number of carbonyl (C=O) groups excluding carboxylic acids is 1. The van der Waals surface area contributed by atoms with Crippen LogP contribution < -0.4 is 10.1 Å². The van der Waals surface area contributed by atoms with Gasteiger partial charge in [0.2, 0.25) is 0 Å². The van der Waals surface area contributed by atoms with Crippen molar-refractivity contribution in [3.8, 4) is 5.75 Å². The van der Waals surface area contributed by atoms with Crippen LogP contribution in [0.3, 0.4) is 0 Å². The third-order valence-corrected chi connectivity index (χ3v) is 6.58. The second-order valence-electron chi connectivity index (χ2n) is 9.79. The number of H-pyrrole nitrogens is 1. The van der Waals surface area contributed by atoms with Gasteiger partial charge in [-0.1, -0.05) is 19.9 Å². The van der Waals surface area contributed by atoms with E-state index in [-0.39, 0.29) is 18.1 Å². The molecule has 32 heavy (non-hydrogen) atoms. The minimum absolute atomic E-state index is 0.0447. The minimum Gasteiger partial charge on any atom is -0.493 e. The molecular weight excluding hydrogens is 404 g/mol. The predicted octanol–water partition coefficient (Wildman–Crippen LogP) is 2.85. The molecule has 2 aliphatic heterocycles. The van der Waals surface area contributed by atoms with E-state index in [1.54, 1.807) is 0 Å². The molecule has 0 radical (unpaired) electrons. The van der Waals surface area contributed by atoms with E-state index in [4.69, 9.17) is 4.74 Å². The van der Waals surface area contributed by atoms with Crippen LogP contribution >= 0.6 is 0 Å². The molecule has 0 spiro atoms. The van der Waals surface area contributed by atoms with Gasteiger partial charge in [0, 0.05) is 49.7 Å². The van der Waals surface area contributed by atoms with Crippen molar-refractivity contribution in [3.63, 3.8) is 0 Å². The van der Waals surface area contributed by atoms with E-state index in [9.17, 15) is 9.90 Å². The lowest BCUT2D eigenvalue weighted by Crippen LogP contribution is -2.47. The Kier molecular flexibility index (Phi) is 7.71. The van der Waals surface area contributed by atoms with E-state index in [1.807, 2.05) is 24.3 Å². The third-order valence-electron chi connectivity index (χ3n) is 6.58. The van der Waals surface area contributed by atoms with E-state index < -0.39 is 0 Å². The van der Waals surface area contributed by atoms with Crippen LogP contribution in [0.5, 0.6) is 5.75 Å². The Bertz CT molecular complexity index is 888. The van der Waals surface area contributed by atoms with E-state index in [1.165, 1.54) is 0 Å². The number of amides is 1. The molecule has 0 bridgehead atoms. The number of ether oxygens (including phenoxy) is 1. The first kappa shape index (κ1) is 23.1. The molecule has 2 aliphatic rings. The Hall–Kier alpha value is -2.09. The van der Waals surface area contributed by atoms with Crippen molar-refractivity contribution in [2.24, 2.45) is 5.92 Å². The van der Waals surface area contributed by atoms with Gasteiger partial charge in [0.05, 0.1) is 12.7 Å². The van der Waals surface area contributed by atoms with Gasteiger partial charge in [0.25, 0.3) is 5.91 Å². The second kappa shape index (κ2) is 10.7. The summed E-state index contributed by atoms with van der Waals surface area (Å²) in [5.41, 5.74) is 1.51. The fraction of sp³-hybridized carbons (Fsp3) is 0.640. The number of aliphatic hydroxyl groups excluding tert-OH is 1. The summed E-state index contributed by atoms with van der Waals surface area (Å²) in [7, 11) is 0. The Morgan fingerprint density at radius 2 is 1.97 bits per heavy atom. The molecule has 0 unspecified atom stereocenters. The lowest BCUT2D eigenvalue weighted by Gasteiger charge is -2.35. The van der Waals surface area contributed by atoms with E-state index >= 15 is 0 Å². The van der Waals surface area contributed by atoms with Crippen LogP contribution in [0, 0.1) is 5.92 Å². The first-order chi connectivity index (χ1) is 15.5. The molecule has 1 amide bonds. The lowest BCUT2D eigenvalue weighted by atomic mass is 10.0. The van der Waals surface area contributed by atoms with Gasteiger partial charge >= 0.3 is 0 Å². The molecule has 7 heteroatoms. The molecule has 1 atom stereocenters. The molecule has 2 aromatic rings. The number of hydrogen-bond acceptors (Lipinski definition) is 5. The van der Waals surface area contributed by atoms with Crippen LogP contribution in [-0.2, 0) is 0 Å². The smallest absolute Gasteiger partial charge is 0.267 e. The summed E-state index contributed by atoms with van der Waals surface area (Å²) in [5.74, 6) is 1.22. The Balaban J connectivity index is 1.26. The van der Waals surface area contributed by atoms with E-state index in [2.05, 4.69) is 33.9 Å². The number of nitrogens with one attached hydrogen (secondary N) is 2. The van der Waals surface area contributed by atoms with Crippen molar-refractivity contribution >= 4 is 16.8 Å². The number of rotatable bonds is 8. The summed E-state index contributed by atoms with van der Waals surface area (Å²) >= 11 is 0. The first-order valence-electron chi connectivity index (χ1n) is 12.2. The number of piperidine rings is 2. The Labute approximate surface area is 191 Å². The van der Waals surface area contributed by atoms with Crippen molar-refractivity contribution in [2.75, 3.05) is 45.9 Å². The molecule has 1 aromatic carbocycles. The van der Waals surface area contributed by atoms with E-state index in [0.717, 1.165) is 81.6 Å². The maximum absolute atomic E-state index is 12.9. The van der Waals surface area contributed by atoms with E-state index in [0.29, 0.717) is 18.2 Å². The van der Waals surface area contributed by atoms with Gasteiger partial charge in [-0.2, -0.15) is 0 Å². The molecule has 176 valence electrons. The third kappa shape index (κ3) is 6.03. The molecule has 0 saturated carbocycles. The zero-order valence-corrected chi connectivity index (χ0v) is 19.5. The van der Waals surface area contributed by atoms with Crippen LogP contribution in [0.15, 0.2) is 24.3 Å². The maximum Gasteiger partial charge on any atom is 0.267 e. The quantitative estimate of drug-likeness (QED) is 0.586. The zero-order valence-electron chi connectivity index (χ0n) is 19.5. The fourth-order valence-corrected chi connectivity index (χ4v) is 4.71. The molecule has 7 nitrogen and oxygen atoms in total. The average Bonchev–Trinajstić information content (AvgIpc) is 3.22. The Morgan fingerprint density at radius 1 is 1.19 bits per heavy atom. The summed E-state index contributed by atoms with van der Waals surface area (Å²) in [5, 5.41) is 14.0. The molecule has 3 heterocycles. The standard InChI is InChI=1S/C25H38N4O3/c1-18(2)17-32-24-7-3-6-22-21(24)15-23(27-22)25(31)26-19-8-11-28(12-9-19)13-14-29-10-4-5-20(30)16-29/h3,6-7,15,18-20,27,30H,4-5,8-14,16-17H2,1-2H3,(H,26,31)/t20-/m1/s1. The van der Waals surface area contributed by atoms with Gasteiger partial charge in [-0.25, -0.2) is 0 Å². The molecule has 2 saturated heterocycles. The van der Waals surface area contributed by atoms with Crippen LogP contribution in [0.2, 0.25) is 0 Å². The molecular formula is C25H38N4O3. The second-order valence-corrected chi connectivity index (χ2v) is 9.79.